The molecule has 0 amide bonds. The zero-order chi connectivity index (χ0) is 22.8. The molecule has 2 aliphatic rings. The Morgan fingerprint density at radius 1 is 0.909 bits per heavy atom. The number of hydrazone groups is 1. The molecule has 2 atom stereocenters. The van der Waals surface area contributed by atoms with Crippen molar-refractivity contribution in [3.63, 3.8) is 0 Å². The van der Waals surface area contributed by atoms with E-state index in [1.807, 2.05) is 62.4 Å². The second kappa shape index (κ2) is 9.06. The third-order valence-corrected chi connectivity index (χ3v) is 5.98. The molecule has 0 saturated carbocycles. The normalized spacial score (nSPS) is 18.6. The van der Waals surface area contributed by atoms with Crippen molar-refractivity contribution in [1.29, 1.82) is 0 Å². The monoisotopic (exact) mass is 444 g/mol. The van der Waals surface area contributed by atoms with Crippen LogP contribution in [0.15, 0.2) is 71.8 Å². The first kappa shape index (κ1) is 21.2. The summed E-state index contributed by atoms with van der Waals surface area (Å²) in [5, 5.41) is 7.12. The number of benzene rings is 3. The molecule has 33 heavy (non-hydrogen) atoms. The van der Waals surface area contributed by atoms with Crippen LogP contribution in [0.5, 0.6) is 23.0 Å². The molecule has 0 spiro atoms. The second-order valence-corrected chi connectivity index (χ2v) is 7.95. The first-order valence-corrected chi connectivity index (χ1v) is 11.4. The topological polar surface area (TPSA) is 52.5 Å². The summed E-state index contributed by atoms with van der Waals surface area (Å²) in [6, 6.07) is 22.2. The quantitative estimate of drug-likeness (QED) is 0.465. The average Bonchev–Trinajstić information content (AvgIpc) is 3.31. The van der Waals surface area contributed by atoms with Crippen LogP contribution in [0.25, 0.3) is 0 Å². The molecule has 6 heteroatoms. The Hall–Kier alpha value is -3.67. The summed E-state index contributed by atoms with van der Waals surface area (Å²) in [6.45, 7) is 5.20. The van der Waals surface area contributed by atoms with Gasteiger partial charge in [0.05, 0.1) is 32.1 Å². The molecule has 2 heterocycles. The number of ether oxygens (including phenoxy) is 4. The van der Waals surface area contributed by atoms with Crippen molar-refractivity contribution < 1.29 is 18.9 Å². The fourth-order valence-corrected chi connectivity index (χ4v) is 4.43. The minimum absolute atomic E-state index is 0.0582. The largest absolute Gasteiger partial charge is 0.497 e. The number of hydrogen-bond acceptors (Lipinski definition) is 6. The van der Waals surface area contributed by atoms with Crippen LogP contribution in [0.2, 0.25) is 0 Å². The van der Waals surface area contributed by atoms with Crippen LogP contribution < -0.4 is 18.9 Å². The first-order chi connectivity index (χ1) is 16.2. The van der Waals surface area contributed by atoms with Crippen LogP contribution in [0.3, 0.4) is 0 Å². The Balaban J connectivity index is 1.54. The van der Waals surface area contributed by atoms with Gasteiger partial charge in [0.2, 0.25) is 6.23 Å². The summed E-state index contributed by atoms with van der Waals surface area (Å²) < 4.78 is 23.4. The van der Waals surface area contributed by atoms with Gasteiger partial charge in [-0.1, -0.05) is 12.1 Å². The van der Waals surface area contributed by atoms with Gasteiger partial charge in [-0.15, -0.1) is 0 Å². The van der Waals surface area contributed by atoms with Gasteiger partial charge in [-0.05, 0) is 74.0 Å². The third kappa shape index (κ3) is 3.97. The van der Waals surface area contributed by atoms with E-state index in [1.165, 1.54) is 0 Å². The number of para-hydroxylation sites is 1. The second-order valence-electron chi connectivity index (χ2n) is 7.95. The Bertz CT molecular complexity index is 1140. The molecule has 0 bridgehead atoms. The highest BCUT2D eigenvalue weighted by Gasteiger charge is 2.42. The SMILES string of the molecule is CCOc1ccc(C2=NN3[C@@H](c4ccc(OC)cc4)Oc4c(OCC)cccc4[C@@H]3C2)cc1. The van der Waals surface area contributed by atoms with Crippen LogP contribution in [0.1, 0.15) is 49.2 Å². The number of rotatable bonds is 7. The molecule has 3 aromatic rings. The molecule has 170 valence electrons. The van der Waals surface area contributed by atoms with Gasteiger partial charge in [0.1, 0.15) is 11.5 Å². The van der Waals surface area contributed by atoms with E-state index in [2.05, 4.69) is 23.2 Å². The van der Waals surface area contributed by atoms with Crippen LogP contribution in [0.4, 0.5) is 0 Å². The van der Waals surface area contributed by atoms with Crippen molar-refractivity contribution >= 4 is 5.71 Å². The molecule has 0 fully saturated rings. The molecule has 0 saturated heterocycles. The number of fused-ring (bicyclic) bond motifs is 3. The third-order valence-electron chi connectivity index (χ3n) is 5.98. The Morgan fingerprint density at radius 3 is 2.33 bits per heavy atom. The van der Waals surface area contributed by atoms with Crippen molar-refractivity contribution in [2.24, 2.45) is 5.10 Å². The minimum Gasteiger partial charge on any atom is -0.497 e. The maximum atomic E-state index is 6.56. The Labute approximate surface area is 194 Å². The highest BCUT2D eigenvalue weighted by atomic mass is 16.5. The minimum atomic E-state index is -0.366. The van der Waals surface area contributed by atoms with E-state index < -0.39 is 0 Å². The van der Waals surface area contributed by atoms with Gasteiger partial charge in [-0.25, -0.2) is 5.01 Å². The van der Waals surface area contributed by atoms with E-state index in [4.69, 9.17) is 24.0 Å². The van der Waals surface area contributed by atoms with Gasteiger partial charge in [0.25, 0.3) is 0 Å². The van der Waals surface area contributed by atoms with E-state index in [1.54, 1.807) is 7.11 Å². The van der Waals surface area contributed by atoms with Gasteiger partial charge in [0.15, 0.2) is 11.5 Å². The molecule has 0 aromatic heterocycles. The van der Waals surface area contributed by atoms with E-state index in [0.29, 0.717) is 13.2 Å². The van der Waals surface area contributed by atoms with E-state index in [0.717, 1.165) is 51.8 Å². The van der Waals surface area contributed by atoms with Crippen molar-refractivity contribution in [2.45, 2.75) is 32.5 Å². The summed E-state index contributed by atoms with van der Waals surface area (Å²) in [7, 11) is 1.67. The smallest absolute Gasteiger partial charge is 0.214 e. The maximum Gasteiger partial charge on any atom is 0.214 e. The maximum absolute atomic E-state index is 6.56. The molecule has 6 nitrogen and oxygen atoms in total. The van der Waals surface area contributed by atoms with Gasteiger partial charge in [0, 0.05) is 17.5 Å². The van der Waals surface area contributed by atoms with Crippen LogP contribution >= 0.6 is 0 Å². The molecular formula is C27H28N2O4. The van der Waals surface area contributed by atoms with Crippen molar-refractivity contribution in [2.75, 3.05) is 20.3 Å². The fourth-order valence-electron chi connectivity index (χ4n) is 4.43. The lowest BCUT2D eigenvalue weighted by molar-refractivity contribution is -0.0212. The molecule has 5 rings (SSSR count). The van der Waals surface area contributed by atoms with Gasteiger partial charge in [-0.2, -0.15) is 5.10 Å². The van der Waals surface area contributed by atoms with E-state index in [9.17, 15) is 0 Å². The summed E-state index contributed by atoms with van der Waals surface area (Å²) in [6.07, 6.45) is 0.419. The molecule has 3 aromatic carbocycles. The average molecular weight is 445 g/mol. The number of nitrogens with zero attached hydrogens (tertiary/aromatic N) is 2. The summed E-state index contributed by atoms with van der Waals surface area (Å²) in [5.74, 6) is 3.23. The summed E-state index contributed by atoms with van der Waals surface area (Å²) >= 11 is 0. The van der Waals surface area contributed by atoms with Crippen LogP contribution in [-0.4, -0.2) is 31.0 Å². The predicted molar refractivity (Wildman–Crippen MR) is 127 cm³/mol. The lowest BCUT2D eigenvalue weighted by Crippen LogP contribution is -2.33. The molecule has 0 unspecified atom stereocenters. The van der Waals surface area contributed by atoms with E-state index in [-0.39, 0.29) is 12.3 Å². The number of hydrogen-bond donors (Lipinski definition) is 0. The molecule has 0 radical (unpaired) electrons. The molecule has 2 aliphatic heterocycles. The van der Waals surface area contributed by atoms with Gasteiger partial charge in [-0.3, -0.25) is 0 Å². The van der Waals surface area contributed by atoms with E-state index >= 15 is 0 Å². The Kier molecular flexibility index (Phi) is 5.82. The summed E-state index contributed by atoms with van der Waals surface area (Å²) in [5.41, 5.74) is 4.22. The van der Waals surface area contributed by atoms with Crippen LogP contribution in [-0.2, 0) is 0 Å². The molecular weight excluding hydrogens is 416 g/mol. The molecule has 0 N–H and O–H groups in total. The number of methoxy groups -OCH3 is 1. The zero-order valence-corrected chi connectivity index (χ0v) is 19.2. The molecule has 0 aliphatic carbocycles. The lowest BCUT2D eigenvalue weighted by Gasteiger charge is -2.38. The van der Waals surface area contributed by atoms with Crippen molar-refractivity contribution in [1.82, 2.24) is 5.01 Å². The first-order valence-electron chi connectivity index (χ1n) is 11.4. The van der Waals surface area contributed by atoms with Crippen LogP contribution in [0, 0.1) is 0 Å². The fraction of sp³-hybridized carbons (Fsp3) is 0.296. The van der Waals surface area contributed by atoms with Gasteiger partial charge < -0.3 is 18.9 Å². The predicted octanol–water partition coefficient (Wildman–Crippen LogP) is 5.73. The summed E-state index contributed by atoms with van der Waals surface area (Å²) in [4.78, 5) is 0. The van der Waals surface area contributed by atoms with Gasteiger partial charge >= 0.3 is 0 Å². The highest BCUT2D eigenvalue weighted by Crippen LogP contribution is 2.50. The highest BCUT2D eigenvalue weighted by molar-refractivity contribution is 6.02. The Morgan fingerprint density at radius 2 is 1.64 bits per heavy atom. The van der Waals surface area contributed by atoms with Crippen molar-refractivity contribution in [3.05, 3.63) is 83.4 Å². The lowest BCUT2D eigenvalue weighted by atomic mass is 9.95. The van der Waals surface area contributed by atoms with Crippen molar-refractivity contribution in [3.8, 4) is 23.0 Å². The standard InChI is InChI=1S/C27H28N2O4/c1-4-31-21-15-9-18(10-16-21)23-17-24-22-7-6-8-25(32-5-2)26(22)33-27(29(24)28-23)19-11-13-20(30-3)14-12-19/h6-16,24,27H,4-5,17H2,1-3H3/t24-,27+/m0/s1. The zero-order valence-electron chi connectivity index (χ0n) is 19.2.